The maximum atomic E-state index is 4.99. The van der Waals surface area contributed by atoms with Crippen LogP contribution in [0.1, 0.15) is 24.8 Å². The lowest BCUT2D eigenvalue weighted by molar-refractivity contribution is 0.220. The second kappa shape index (κ2) is 9.18. The molecule has 182 valence electrons. The minimum Gasteiger partial charge on any atom is -0.335 e. The Hall–Kier alpha value is -4.50. The monoisotopic (exact) mass is 487 g/mol. The zero-order valence-electron chi connectivity index (χ0n) is 20.2. The van der Waals surface area contributed by atoms with Crippen molar-refractivity contribution in [1.82, 2.24) is 45.0 Å². The third-order valence-electron chi connectivity index (χ3n) is 6.91. The van der Waals surface area contributed by atoms with E-state index in [0.29, 0.717) is 11.5 Å². The van der Waals surface area contributed by atoms with Gasteiger partial charge < -0.3 is 4.98 Å². The summed E-state index contributed by atoms with van der Waals surface area (Å²) in [6.45, 7) is 3.23. The second-order valence-electron chi connectivity index (χ2n) is 9.47. The van der Waals surface area contributed by atoms with Gasteiger partial charge in [-0.15, -0.1) is 0 Å². The fraction of sp³-hybridized carbons (Fsp3) is 0.214. The molecule has 9 heteroatoms. The van der Waals surface area contributed by atoms with Gasteiger partial charge in [-0.2, -0.15) is 5.10 Å². The Morgan fingerprint density at radius 3 is 2.62 bits per heavy atom. The van der Waals surface area contributed by atoms with E-state index in [2.05, 4.69) is 41.1 Å². The van der Waals surface area contributed by atoms with Crippen molar-refractivity contribution in [3.05, 3.63) is 72.9 Å². The molecule has 7 rings (SSSR count). The molecule has 0 bridgehead atoms. The Labute approximate surface area is 213 Å². The van der Waals surface area contributed by atoms with Crippen molar-refractivity contribution in [2.75, 3.05) is 13.1 Å². The number of pyridine rings is 4. The Morgan fingerprint density at radius 1 is 0.811 bits per heavy atom. The van der Waals surface area contributed by atoms with Crippen LogP contribution in [0.3, 0.4) is 0 Å². The third-order valence-corrected chi connectivity index (χ3v) is 6.91. The van der Waals surface area contributed by atoms with Crippen molar-refractivity contribution in [3.63, 3.8) is 0 Å². The van der Waals surface area contributed by atoms with Gasteiger partial charge in [-0.1, -0.05) is 12.5 Å². The van der Waals surface area contributed by atoms with E-state index in [-0.39, 0.29) is 0 Å². The number of hydrogen-bond acceptors (Lipinski definition) is 7. The molecule has 6 aromatic rings. The third kappa shape index (κ3) is 4.13. The van der Waals surface area contributed by atoms with Gasteiger partial charge in [0, 0.05) is 42.5 Å². The highest BCUT2D eigenvalue weighted by Gasteiger charge is 2.18. The van der Waals surface area contributed by atoms with Crippen molar-refractivity contribution in [2.24, 2.45) is 0 Å². The smallest absolute Gasteiger partial charge is 0.161 e. The van der Waals surface area contributed by atoms with Gasteiger partial charge in [-0.25, -0.2) is 9.97 Å². The molecule has 1 fully saturated rings. The van der Waals surface area contributed by atoms with Crippen molar-refractivity contribution in [3.8, 4) is 34.0 Å². The number of H-pyrrole nitrogens is 2. The van der Waals surface area contributed by atoms with Crippen LogP contribution in [0.15, 0.2) is 67.4 Å². The minimum absolute atomic E-state index is 0.632. The quantitative estimate of drug-likeness (QED) is 0.352. The number of piperidine rings is 1. The van der Waals surface area contributed by atoms with Gasteiger partial charge in [-0.05, 0) is 61.8 Å². The number of rotatable bonds is 5. The zero-order chi connectivity index (χ0) is 24.6. The number of likely N-dealkylation sites (tertiary alicyclic amines) is 1. The summed E-state index contributed by atoms with van der Waals surface area (Å²) in [6.07, 6.45) is 13.0. The highest BCUT2D eigenvalue weighted by Crippen LogP contribution is 2.30. The average molecular weight is 488 g/mol. The molecule has 1 aliphatic rings. The number of imidazole rings is 1. The highest BCUT2D eigenvalue weighted by atomic mass is 15.2. The first-order valence-electron chi connectivity index (χ1n) is 12.6. The van der Waals surface area contributed by atoms with Crippen LogP contribution < -0.4 is 0 Å². The van der Waals surface area contributed by atoms with Crippen LogP contribution >= 0.6 is 0 Å². The number of aromatic nitrogens is 8. The Kier molecular flexibility index (Phi) is 5.40. The maximum absolute atomic E-state index is 4.99. The number of fused-ring (bicyclic) bond motifs is 2. The zero-order valence-corrected chi connectivity index (χ0v) is 20.2. The molecule has 7 heterocycles. The van der Waals surface area contributed by atoms with Gasteiger partial charge in [0.25, 0.3) is 0 Å². The van der Waals surface area contributed by atoms with Crippen LogP contribution in [-0.4, -0.2) is 58.1 Å². The first kappa shape index (κ1) is 21.8. The van der Waals surface area contributed by atoms with Crippen molar-refractivity contribution >= 4 is 22.1 Å². The Bertz CT molecular complexity index is 1700. The SMILES string of the molecule is c1ccc(-c2cncc3[nH]c(-c4n[nH]c5ccc(-c6cncc(CN7CCCCC7)c6)nc45)nc23)nc1. The Morgan fingerprint density at radius 2 is 1.73 bits per heavy atom. The van der Waals surface area contributed by atoms with Crippen LogP contribution in [0.2, 0.25) is 0 Å². The average Bonchev–Trinajstić information content (AvgIpc) is 3.58. The Balaban J connectivity index is 1.26. The summed E-state index contributed by atoms with van der Waals surface area (Å²) in [4.78, 5) is 29.1. The number of nitrogens with zero attached hydrogens (tertiary/aromatic N) is 7. The van der Waals surface area contributed by atoms with Crippen molar-refractivity contribution in [1.29, 1.82) is 0 Å². The van der Waals surface area contributed by atoms with Gasteiger partial charge in [0.2, 0.25) is 0 Å². The number of aromatic amines is 2. The van der Waals surface area contributed by atoms with Crippen LogP contribution in [0.4, 0.5) is 0 Å². The molecule has 0 atom stereocenters. The summed E-state index contributed by atoms with van der Waals surface area (Å²) in [5.74, 6) is 0.632. The van der Waals surface area contributed by atoms with E-state index in [1.807, 2.05) is 42.7 Å². The van der Waals surface area contributed by atoms with Gasteiger partial charge in [0.1, 0.15) is 11.0 Å². The van der Waals surface area contributed by atoms with Gasteiger partial charge in [0.05, 0.1) is 28.6 Å². The summed E-state index contributed by atoms with van der Waals surface area (Å²) >= 11 is 0. The minimum atomic E-state index is 0.632. The molecule has 0 spiro atoms. The van der Waals surface area contributed by atoms with E-state index in [0.717, 1.165) is 64.2 Å². The summed E-state index contributed by atoms with van der Waals surface area (Å²) in [7, 11) is 0. The molecule has 0 amide bonds. The standard InChI is InChI=1S/C28H25N9/c1-4-10-37(11-5-1)17-18-12-19(14-29-13-18)21-7-8-23-26(32-21)27(36-35-23)28-33-24-16-30-15-20(25(24)34-28)22-6-2-3-9-31-22/h2-3,6-9,12-16H,1,4-5,10-11,17H2,(H,33,34)(H,35,36). The molecule has 0 saturated carbocycles. The molecule has 0 aromatic carbocycles. The van der Waals surface area contributed by atoms with E-state index >= 15 is 0 Å². The molecule has 37 heavy (non-hydrogen) atoms. The molecular formula is C28H25N9. The first-order valence-corrected chi connectivity index (χ1v) is 12.6. The molecule has 6 aromatic heterocycles. The summed E-state index contributed by atoms with van der Waals surface area (Å²) in [6, 6.07) is 12.0. The molecule has 0 aliphatic carbocycles. The fourth-order valence-corrected chi connectivity index (χ4v) is 5.07. The van der Waals surface area contributed by atoms with Crippen molar-refractivity contribution in [2.45, 2.75) is 25.8 Å². The molecule has 0 radical (unpaired) electrons. The molecule has 1 aliphatic heterocycles. The summed E-state index contributed by atoms with van der Waals surface area (Å²) in [5.41, 5.74) is 8.63. The van der Waals surface area contributed by atoms with Gasteiger partial charge in [-0.3, -0.25) is 25.0 Å². The van der Waals surface area contributed by atoms with E-state index in [1.54, 1.807) is 18.6 Å². The van der Waals surface area contributed by atoms with Crippen LogP contribution in [0.5, 0.6) is 0 Å². The van der Waals surface area contributed by atoms with Crippen molar-refractivity contribution < 1.29 is 0 Å². The lowest BCUT2D eigenvalue weighted by Crippen LogP contribution is -2.29. The predicted molar refractivity (Wildman–Crippen MR) is 142 cm³/mol. The maximum Gasteiger partial charge on any atom is 0.161 e. The van der Waals surface area contributed by atoms with E-state index in [4.69, 9.17) is 9.97 Å². The van der Waals surface area contributed by atoms with E-state index in [1.165, 1.54) is 24.8 Å². The molecule has 2 N–H and O–H groups in total. The normalized spacial score (nSPS) is 14.5. The van der Waals surface area contributed by atoms with Crippen LogP contribution in [-0.2, 0) is 6.54 Å². The second-order valence-corrected chi connectivity index (χ2v) is 9.47. The summed E-state index contributed by atoms with van der Waals surface area (Å²) < 4.78 is 0. The number of nitrogens with one attached hydrogen (secondary N) is 2. The largest absolute Gasteiger partial charge is 0.335 e. The highest BCUT2D eigenvalue weighted by molar-refractivity contribution is 5.95. The lowest BCUT2D eigenvalue weighted by atomic mass is 10.1. The molecular weight excluding hydrogens is 462 g/mol. The topological polar surface area (TPSA) is 112 Å². The van der Waals surface area contributed by atoms with Gasteiger partial charge in [0.15, 0.2) is 11.5 Å². The van der Waals surface area contributed by atoms with E-state index in [9.17, 15) is 0 Å². The summed E-state index contributed by atoms with van der Waals surface area (Å²) in [5, 5.41) is 7.65. The fourth-order valence-electron chi connectivity index (χ4n) is 5.07. The van der Waals surface area contributed by atoms with Crippen LogP contribution in [0, 0.1) is 0 Å². The predicted octanol–water partition coefficient (Wildman–Crippen LogP) is 5.01. The van der Waals surface area contributed by atoms with E-state index < -0.39 is 0 Å². The number of hydrogen-bond donors (Lipinski definition) is 2. The van der Waals surface area contributed by atoms with Gasteiger partial charge >= 0.3 is 0 Å². The van der Waals surface area contributed by atoms with Crippen LogP contribution in [0.25, 0.3) is 56.1 Å². The molecule has 9 nitrogen and oxygen atoms in total. The molecule has 1 saturated heterocycles. The lowest BCUT2D eigenvalue weighted by Gasteiger charge is -2.26. The first-order chi connectivity index (χ1) is 18.3. The molecule has 0 unspecified atom stereocenters.